The minimum Gasteiger partial charge on any atom is -0.398 e. The third-order valence-corrected chi connectivity index (χ3v) is 2.57. The third kappa shape index (κ3) is 2.85. The molecule has 0 atom stereocenters. The molecule has 0 saturated heterocycles. The number of aryl methyl sites for hydroxylation is 1. The van der Waals surface area contributed by atoms with Gasteiger partial charge in [0.2, 0.25) is 0 Å². The normalized spacial score (nSPS) is 10.3. The number of nitrogens with two attached hydrogens (primary N) is 1. The smallest absolute Gasteiger partial charge is 0.253 e. The molecule has 1 aromatic carbocycles. The van der Waals surface area contributed by atoms with Gasteiger partial charge in [0.15, 0.2) is 0 Å². The van der Waals surface area contributed by atoms with E-state index in [2.05, 4.69) is 20.5 Å². The van der Waals surface area contributed by atoms with E-state index in [1.165, 1.54) is 6.33 Å². The van der Waals surface area contributed by atoms with Gasteiger partial charge in [0, 0.05) is 18.7 Å². The second-order valence-electron chi connectivity index (χ2n) is 4.03. The number of nitrogens with zero attached hydrogens (tertiary/aromatic N) is 2. The van der Waals surface area contributed by atoms with Crippen LogP contribution in [0.4, 0.5) is 5.69 Å². The SMILES string of the molecule is Cc1ccc(N)c(C(=O)NCCc2ncn[nH]2)c1. The fourth-order valence-corrected chi connectivity index (χ4v) is 1.61. The van der Waals surface area contributed by atoms with E-state index in [4.69, 9.17) is 5.73 Å². The quantitative estimate of drug-likeness (QED) is 0.689. The van der Waals surface area contributed by atoms with Crippen LogP contribution in [-0.4, -0.2) is 27.6 Å². The molecule has 0 fully saturated rings. The molecule has 2 rings (SSSR count). The summed E-state index contributed by atoms with van der Waals surface area (Å²) in [5.41, 5.74) is 7.76. The molecule has 0 saturated carbocycles. The lowest BCUT2D eigenvalue weighted by atomic mass is 10.1. The van der Waals surface area contributed by atoms with Crippen molar-refractivity contribution in [3.05, 3.63) is 41.5 Å². The number of carbonyl (C=O) groups is 1. The zero-order valence-electron chi connectivity index (χ0n) is 10.1. The molecule has 0 unspecified atom stereocenters. The van der Waals surface area contributed by atoms with Crippen LogP contribution >= 0.6 is 0 Å². The zero-order valence-corrected chi connectivity index (χ0v) is 10.1. The van der Waals surface area contributed by atoms with Crippen molar-refractivity contribution >= 4 is 11.6 Å². The van der Waals surface area contributed by atoms with E-state index >= 15 is 0 Å². The minimum atomic E-state index is -0.171. The van der Waals surface area contributed by atoms with Gasteiger partial charge in [0.1, 0.15) is 12.2 Å². The predicted molar refractivity (Wildman–Crippen MR) is 68.0 cm³/mol. The second-order valence-corrected chi connectivity index (χ2v) is 4.03. The van der Waals surface area contributed by atoms with Crippen molar-refractivity contribution in [2.75, 3.05) is 12.3 Å². The van der Waals surface area contributed by atoms with Crippen LogP contribution in [0.5, 0.6) is 0 Å². The molecule has 0 aliphatic rings. The van der Waals surface area contributed by atoms with Crippen LogP contribution in [-0.2, 0) is 6.42 Å². The maximum Gasteiger partial charge on any atom is 0.253 e. The van der Waals surface area contributed by atoms with Crippen LogP contribution in [0.3, 0.4) is 0 Å². The molecule has 0 bridgehead atoms. The van der Waals surface area contributed by atoms with E-state index in [0.29, 0.717) is 24.2 Å². The highest BCUT2D eigenvalue weighted by molar-refractivity contribution is 5.99. The number of carbonyl (C=O) groups excluding carboxylic acids is 1. The van der Waals surface area contributed by atoms with Gasteiger partial charge in [-0.1, -0.05) is 11.6 Å². The first-order valence-electron chi connectivity index (χ1n) is 5.65. The van der Waals surface area contributed by atoms with E-state index in [1.807, 2.05) is 13.0 Å². The van der Waals surface area contributed by atoms with E-state index in [-0.39, 0.29) is 5.91 Å². The fourth-order valence-electron chi connectivity index (χ4n) is 1.61. The average Bonchev–Trinajstić information content (AvgIpc) is 2.85. The number of aromatic nitrogens is 3. The highest BCUT2D eigenvalue weighted by Gasteiger charge is 2.09. The minimum absolute atomic E-state index is 0.171. The maximum absolute atomic E-state index is 11.9. The summed E-state index contributed by atoms with van der Waals surface area (Å²) in [5.74, 6) is 0.572. The van der Waals surface area contributed by atoms with Crippen LogP contribution in [0.25, 0.3) is 0 Å². The first-order chi connectivity index (χ1) is 8.66. The van der Waals surface area contributed by atoms with Crippen molar-refractivity contribution < 1.29 is 4.79 Å². The summed E-state index contributed by atoms with van der Waals surface area (Å²) >= 11 is 0. The molecule has 4 N–H and O–H groups in total. The predicted octanol–water partition coefficient (Wildman–Crippen LogP) is 0.668. The molecular formula is C12H15N5O. The number of anilines is 1. The van der Waals surface area contributed by atoms with Crippen molar-refractivity contribution in [2.24, 2.45) is 0 Å². The molecule has 1 amide bonds. The molecule has 18 heavy (non-hydrogen) atoms. The van der Waals surface area contributed by atoms with Gasteiger partial charge in [-0.15, -0.1) is 0 Å². The number of nitrogens with one attached hydrogen (secondary N) is 2. The van der Waals surface area contributed by atoms with Crippen molar-refractivity contribution in [1.29, 1.82) is 0 Å². The van der Waals surface area contributed by atoms with E-state index in [1.54, 1.807) is 12.1 Å². The van der Waals surface area contributed by atoms with Gasteiger partial charge < -0.3 is 11.1 Å². The monoisotopic (exact) mass is 245 g/mol. The van der Waals surface area contributed by atoms with E-state index in [0.717, 1.165) is 11.4 Å². The first kappa shape index (κ1) is 12.1. The summed E-state index contributed by atoms with van der Waals surface area (Å²) in [4.78, 5) is 15.9. The highest BCUT2D eigenvalue weighted by atomic mass is 16.1. The van der Waals surface area contributed by atoms with Crippen LogP contribution in [0.15, 0.2) is 24.5 Å². The Hall–Kier alpha value is -2.37. The van der Waals surface area contributed by atoms with Gasteiger partial charge in [-0.3, -0.25) is 9.89 Å². The topological polar surface area (TPSA) is 96.7 Å². The van der Waals surface area contributed by atoms with Gasteiger partial charge in [-0.2, -0.15) is 5.10 Å². The molecule has 0 aliphatic carbocycles. The lowest BCUT2D eigenvalue weighted by molar-refractivity contribution is 0.0955. The summed E-state index contributed by atoms with van der Waals surface area (Å²) in [6.45, 7) is 2.41. The second kappa shape index (κ2) is 5.31. The molecule has 0 aliphatic heterocycles. The zero-order chi connectivity index (χ0) is 13.0. The maximum atomic E-state index is 11.9. The molecule has 6 nitrogen and oxygen atoms in total. The number of hydrogen-bond acceptors (Lipinski definition) is 4. The Kier molecular flexibility index (Phi) is 3.57. The molecule has 0 radical (unpaired) electrons. The van der Waals surface area contributed by atoms with Crippen LogP contribution < -0.4 is 11.1 Å². The van der Waals surface area contributed by atoms with Gasteiger partial charge in [0.25, 0.3) is 5.91 Å². The van der Waals surface area contributed by atoms with Gasteiger partial charge in [0.05, 0.1) is 5.56 Å². The van der Waals surface area contributed by atoms with Crippen molar-refractivity contribution in [3.63, 3.8) is 0 Å². The molecule has 2 aromatic rings. The number of aromatic amines is 1. The molecule has 1 heterocycles. The number of benzene rings is 1. The van der Waals surface area contributed by atoms with E-state index in [9.17, 15) is 4.79 Å². The van der Waals surface area contributed by atoms with Crippen LogP contribution in [0.2, 0.25) is 0 Å². The molecule has 94 valence electrons. The Labute approximate surface area is 105 Å². The summed E-state index contributed by atoms with van der Waals surface area (Å²) in [6, 6.07) is 5.39. The Balaban J connectivity index is 1.93. The molecule has 0 spiro atoms. The van der Waals surface area contributed by atoms with Gasteiger partial charge in [-0.05, 0) is 19.1 Å². The third-order valence-electron chi connectivity index (χ3n) is 2.57. The van der Waals surface area contributed by atoms with Crippen LogP contribution in [0.1, 0.15) is 21.7 Å². The van der Waals surface area contributed by atoms with Gasteiger partial charge in [-0.25, -0.2) is 4.98 Å². The van der Waals surface area contributed by atoms with Gasteiger partial charge >= 0.3 is 0 Å². The number of hydrogen-bond donors (Lipinski definition) is 3. The highest BCUT2D eigenvalue weighted by Crippen LogP contribution is 2.13. The molecular weight excluding hydrogens is 230 g/mol. The largest absolute Gasteiger partial charge is 0.398 e. The number of amides is 1. The standard InChI is InChI=1S/C12H15N5O/c1-8-2-3-10(13)9(6-8)12(18)14-5-4-11-15-7-16-17-11/h2-3,6-7H,4-5,13H2,1H3,(H,14,18)(H,15,16,17). The summed E-state index contributed by atoms with van der Waals surface area (Å²) in [5, 5.41) is 9.27. The molecule has 6 heteroatoms. The number of H-pyrrole nitrogens is 1. The van der Waals surface area contributed by atoms with E-state index < -0.39 is 0 Å². The average molecular weight is 245 g/mol. The Morgan fingerprint density at radius 3 is 3.06 bits per heavy atom. The first-order valence-corrected chi connectivity index (χ1v) is 5.65. The Morgan fingerprint density at radius 1 is 1.50 bits per heavy atom. The summed E-state index contributed by atoms with van der Waals surface area (Å²) < 4.78 is 0. The Bertz CT molecular complexity index is 535. The lowest BCUT2D eigenvalue weighted by Gasteiger charge is -2.07. The van der Waals surface area contributed by atoms with Crippen molar-refractivity contribution in [3.8, 4) is 0 Å². The lowest BCUT2D eigenvalue weighted by Crippen LogP contribution is -2.26. The van der Waals surface area contributed by atoms with Crippen molar-refractivity contribution in [1.82, 2.24) is 20.5 Å². The summed E-state index contributed by atoms with van der Waals surface area (Å²) in [6.07, 6.45) is 2.05. The summed E-state index contributed by atoms with van der Waals surface area (Å²) in [7, 11) is 0. The number of nitrogen functional groups attached to an aromatic ring is 1. The van der Waals surface area contributed by atoms with Crippen molar-refractivity contribution in [2.45, 2.75) is 13.3 Å². The fraction of sp³-hybridized carbons (Fsp3) is 0.250. The molecule has 1 aromatic heterocycles. The number of rotatable bonds is 4. The Morgan fingerprint density at radius 2 is 2.33 bits per heavy atom. The van der Waals surface area contributed by atoms with Crippen LogP contribution in [0, 0.1) is 6.92 Å².